The van der Waals surface area contributed by atoms with Crippen LogP contribution in [0.15, 0.2) is 0 Å². The van der Waals surface area contributed by atoms with Gasteiger partial charge in [0.2, 0.25) is 0 Å². The number of hydrogen-bond donors (Lipinski definition) is 1. The van der Waals surface area contributed by atoms with E-state index in [0.29, 0.717) is 0 Å². The molecule has 0 spiro atoms. The molecule has 0 saturated carbocycles. The molecule has 5 atom stereocenters. The van der Waals surface area contributed by atoms with Crippen molar-refractivity contribution in [3.8, 4) is 0 Å². The van der Waals surface area contributed by atoms with Crippen LogP contribution in [0, 0.1) is 0 Å². The lowest BCUT2D eigenvalue weighted by Crippen LogP contribution is -2.30. The average Bonchev–Trinajstić information content (AvgIpc) is 2.79. The van der Waals surface area contributed by atoms with E-state index in [1.54, 1.807) is 41.5 Å². The van der Waals surface area contributed by atoms with Crippen molar-refractivity contribution in [2.24, 2.45) is 0 Å². The number of nitrogens with one attached hydrogen (secondary N) is 1. The van der Waals surface area contributed by atoms with Crippen LogP contribution in [0.25, 0.3) is 0 Å². The lowest BCUT2D eigenvalue weighted by molar-refractivity contribution is -0.150. The van der Waals surface area contributed by atoms with E-state index in [-0.39, 0.29) is 51.5 Å². The number of esters is 1. The van der Waals surface area contributed by atoms with Crippen LogP contribution >= 0.6 is 0 Å². The Bertz CT molecular complexity index is 644. The van der Waals surface area contributed by atoms with Gasteiger partial charge in [-0.3, -0.25) is 4.79 Å². The van der Waals surface area contributed by atoms with Gasteiger partial charge in [-0.05, 0) is 34.6 Å². The SMILES string of the molecule is CCC(=O)OC(C)COC(=O)OC(C)COCC(C)OCC(C)OC(=O)OCC(C)OC(=O)NC. The topological polar surface area (TPSA) is 154 Å². The standard InChI is InChI=1S/C22H39NO12/c1-8-19(24)32-16(4)12-30-21(26)34-15(3)10-28-9-14(2)29-11-18(6)35-22(27)31-13-17(5)33-20(25)23-7/h14-18H,8-13H2,1-7H3,(H,23,25). The van der Waals surface area contributed by atoms with Crippen LogP contribution in [0.2, 0.25) is 0 Å². The van der Waals surface area contributed by atoms with E-state index in [9.17, 15) is 19.2 Å². The maximum absolute atomic E-state index is 11.7. The highest BCUT2D eigenvalue weighted by atomic mass is 16.7. The fraction of sp³-hybridized carbons (Fsp3) is 0.818. The van der Waals surface area contributed by atoms with E-state index in [1.165, 1.54) is 7.05 Å². The molecule has 35 heavy (non-hydrogen) atoms. The molecule has 5 unspecified atom stereocenters. The summed E-state index contributed by atoms with van der Waals surface area (Å²) in [6, 6.07) is 0. The zero-order valence-corrected chi connectivity index (χ0v) is 21.5. The minimum atomic E-state index is -0.909. The van der Waals surface area contributed by atoms with Crippen LogP contribution in [0.5, 0.6) is 0 Å². The summed E-state index contributed by atoms with van der Waals surface area (Å²) in [5.41, 5.74) is 0. The monoisotopic (exact) mass is 509 g/mol. The summed E-state index contributed by atoms with van der Waals surface area (Å²) in [5.74, 6) is -0.382. The van der Waals surface area contributed by atoms with E-state index in [1.807, 2.05) is 0 Å². The van der Waals surface area contributed by atoms with Crippen molar-refractivity contribution in [2.75, 3.05) is 40.1 Å². The predicted octanol–water partition coefficient (Wildman–Crippen LogP) is 2.58. The summed E-state index contributed by atoms with van der Waals surface area (Å²) < 4.78 is 40.8. The van der Waals surface area contributed by atoms with Crippen LogP contribution in [0.4, 0.5) is 14.4 Å². The largest absolute Gasteiger partial charge is 0.508 e. The Morgan fingerprint density at radius 1 is 0.629 bits per heavy atom. The number of carbonyl (C=O) groups excluding carboxylic acids is 4. The molecular weight excluding hydrogens is 470 g/mol. The highest BCUT2D eigenvalue weighted by molar-refractivity contribution is 5.69. The van der Waals surface area contributed by atoms with Crippen molar-refractivity contribution < 1.29 is 57.1 Å². The molecule has 0 aliphatic heterocycles. The van der Waals surface area contributed by atoms with Crippen molar-refractivity contribution in [2.45, 2.75) is 78.5 Å². The summed E-state index contributed by atoms with van der Waals surface area (Å²) in [4.78, 5) is 45.6. The van der Waals surface area contributed by atoms with Crippen molar-refractivity contribution in [3.05, 3.63) is 0 Å². The zero-order valence-electron chi connectivity index (χ0n) is 21.5. The summed E-state index contributed by atoms with van der Waals surface area (Å²) in [7, 11) is 1.42. The lowest BCUT2D eigenvalue weighted by Gasteiger charge is -2.19. The lowest BCUT2D eigenvalue weighted by atomic mass is 10.4. The van der Waals surface area contributed by atoms with Crippen LogP contribution in [0.3, 0.4) is 0 Å². The zero-order chi connectivity index (χ0) is 26.8. The van der Waals surface area contributed by atoms with Gasteiger partial charge in [0.15, 0.2) is 0 Å². The molecule has 0 bridgehead atoms. The number of hydrogen-bond acceptors (Lipinski definition) is 12. The highest BCUT2D eigenvalue weighted by Crippen LogP contribution is 2.03. The number of amides is 1. The van der Waals surface area contributed by atoms with Gasteiger partial charge in [0.05, 0.1) is 25.9 Å². The van der Waals surface area contributed by atoms with E-state index in [0.717, 1.165) is 0 Å². The van der Waals surface area contributed by atoms with Gasteiger partial charge in [-0.25, -0.2) is 14.4 Å². The second-order valence-corrected chi connectivity index (χ2v) is 7.78. The van der Waals surface area contributed by atoms with Gasteiger partial charge in [-0.15, -0.1) is 0 Å². The fourth-order valence-electron chi connectivity index (χ4n) is 2.20. The van der Waals surface area contributed by atoms with Crippen LogP contribution in [0.1, 0.15) is 48.0 Å². The van der Waals surface area contributed by atoms with Crippen molar-refractivity contribution in [3.63, 3.8) is 0 Å². The number of carbonyl (C=O) groups is 4. The molecule has 0 radical (unpaired) electrons. The number of alkyl carbamates (subject to hydrolysis) is 1. The average molecular weight is 510 g/mol. The van der Waals surface area contributed by atoms with Gasteiger partial charge >= 0.3 is 24.4 Å². The molecule has 0 aliphatic rings. The Labute approximate surface area is 206 Å². The Morgan fingerprint density at radius 3 is 1.60 bits per heavy atom. The second-order valence-electron chi connectivity index (χ2n) is 7.78. The molecule has 0 heterocycles. The first-order valence-corrected chi connectivity index (χ1v) is 11.4. The van der Waals surface area contributed by atoms with Gasteiger partial charge in [-0.2, -0.15) is 0 Å². The highest BCUT2D eigenvalue weighted by Gasteiger charge is 2.17. The van der Waals surface area contributed by atoms with E-state index < -0.39 is 42.8 Å². The smallest absolute Gasteiger partial charge is 0.459 e. The Morgan fingerprint density at radius 2 is 1.09 bits per heavy atom. The van der Waals surface area contributed by atoms with E-state index in [4.69, 9.17) is 37.9 Å². The molecule has 13 nitrogen and oxygen atoms in total. The molecule has 0 rings (SSSR count). The summed E-state index contributed by atoms with van der Waals surface area (Å²) in [5, 5.41) is 2.29. The maximum Gasteiger partial charge on any atom is 0.508 e. The Kier molecular flexibility index (Phi) is 17.0. The third kappa shape index (κ3) is 18.2. The van der Waals surface area contributed by atoms with Gasteiger partial charge in [0.1, 0.15) is 37.6 Å². The van der Waals surface area contributed by atoms with Gasteiger partial charge in [-0.1, -0.05) is 6.92 Å². The number of ether oxygens (including phenoxy) is 8. The molecule has 0 aliphatic carbocycles. The molecule has 0 fully saturated rings. The van der Waals surface area contributed by atoms with E-state index >= 15 is 0 Å². The summed E-state index contributed by atoms with van der Waals surface area (Å²) >= 11 is 0. The fourth-order valence-corrected chi connectivity index (χ4v) is 2.20. The molecular formula is C22H39NO12. The van der Waals surface area contributed by atoms with Gasteiger partial charge in [0, 0.05) is 13.5 Å². The van der Waals surface area contributed by atoms with Crippen molar-refractivity contribution >= 4 is 24.4 Å². The summed E-state index contributed by atoms with van der Waals surface area (Å²) in [6.45, 7) is 10.0. The molecule has 1 amide bonds. The molecule has 204 valence electrons. The predicted molar refractivity (Wildman–Crippen MR) is 121 cm³/mol. The molecule has 0 saturated heterocycles. The van der Waals surface area contributed by atoms with Crippen LogP contribution < -0.4 is 5.32 Å². The van der Waals surface area contributed by atoms with E-state index in [2.05, 4.69) is 5.32 Å². The molecule has 0 aromatic rings. The van der Waals surface area contributed by atoms with Gasteiger partial charge in [0.25, 0.3) is 0 Å². The first-order valence-electron chi connectivity index (χ1n) is 11.4. The van der Waals surface area contributed by atoms with Crippen LogP contribution in [-0.2, 0) is 42.7 Å². The second kappa shape index (κ2) is 18.5. The molecule has 0 aromatic heterocycles. The first-order chi connectivity index (χ1) is 16.5. The third-order valence-electron chi connectivity index (χ3n) is 3.92. The maximum atomic E-state index is 11.7. The van der Waals surface area contributed by atoms with Crippen molar-refractivity contribution in [1.82, 2.24) is 5.32 Å². The molecule has 1 N–H and O–H groups in total. The molecule has 13 heteroatoms. The minimum Gasteiger partial charge on any atom is -0.459 e. The normalized spacial score (nSPS) is 14.9. The minimum absolute atomic E-state index is 0.100. The Hall–Kier alpha value is -2.80. The third-order valence-corrected chi connectivity index (χ3v) is 3.92. The summed E-state index contributed by atoms with van der Waals surface area (Å²) in [6.07, 6.45) is -4.88. The Balaban J connectivity index is 3.94. The quantitative estimate of drug-likeness (QED) is 0.240. The first kappa shape index (κ1) is 32.2. The molecule has 0 aromatic carbocycles. The number of rotatable bonds is 16. The van der Waals surface area contributed by atoms with Crippen LogP contribution in [-0.4, -0.2) is 95.0 Å². The van der Waals surface area contributed by atoms with Gasteiger partial charge < -0.3 is 43.2 Å². The van der Waals surface area contributed by atoms with Crippen molar-refractivity contribution in [1.29, 1.82) is 0 Å².